The number of amidine groups is 1. The number of nitrogens with one attached hydrogen (secondary N) is 1. The molecule has 1 amide bonds. The molecule has 1 N–H and O–H groups in total. The number of aliphatic imine (C=N–C) groups is 1. The van der Waals surface area contributed by atoms with Gasteiger partial charge in [0.1, 0.15) is 11.4 Å². The van der Waals surface area contributed by atoms with E-state index in [2.05, 4.69) is 24.2 Å². The van der Waals surface area contributed by atoms with Crippen molar-refractivity contribution in [2.45, 2.75) is 78.7 Å². The Bertz CT molecular complexity index is 261. The molecule has 17 heavy (non-hydrogen) atoms. The zero-order valence-corrected chi connectivity index (χ0v) is 12.1. The van der Waals surface area contributed by atoms with Gasteiger partial charge < -0.3 is 5.32 Å². The molecule has 0 saturated carbocycles. The molecule has 0 radical (unpaired) electrons. The summed E-state index contributed by atoms with van der Waals surface area (Å²) in [6.07, 6.45) is 5.83. The van der Waals surface area contributed by atoms with Crippen molar-refractivity contribution in [1.82, 2.24) is 5.32 Å². The lowest BCUT2D eigenvalue weighted by Gasteiger charge is -2.20. The van der Waals surface area contributed by atoms with E-state index in [0.717, 1.165) is 44.4 Å². The minimum absolute atomic E-state index is 0.109. The molecule has 1 heterocycles. The number of amides is 1. The number of unbranched alkanes of at least 4 members (excludes halogenated alkanes) is 1. The van der Waals surface area contributed by atoms with E-state index in [0.29, 0.717) is 0 Å². The Morgan fingerprint density at radius 1 is 1.18 bits per heavy atom. The van der Waals surface area contributed by atoms with Crippen LogP contribution in [0, 0.1) is 0 Å². The van der Waals surface area contributed by atoms with E-state index in [-0.39, 0.29) is 5.91 Å². The van der Waals surface area contributed by atoms with E-state index in [1.807, 2.05) is 20.8 Å². The summed E-state index contributed by atoms with van der Waals surface area (Å²) >= 11 is 0. The molecule has 0 aromatic rings. The van der Waals surface area contributed by atoms with Crippen LogP contribution in [-0.2, 0) is 4.79 Å². The molecule has 0 fully saturated rings. The summed E-state index contributed by atoms with van der Waals surface area (Å²) in [5.41, 5.74) is -0.447. The predicted octanol–water partition coefficient (Wildman–Crippen LogP) is 3.68. The van der Waals surface area contributed by atoms with Gasteiger partial charge in [0.25, 0.3) is 5.91 Å². The molecule has 0 spiro atoms. The summed E-state index contributed by atoms with van der Waals surface area (Å²) in [4.78, 5) is 16.5. The zero-order chi connectivity index (χ0) is 13.3. The highest BCUT2D eigenvalue weighted by Gasteiger charge is 2.40. The Kier molecular flexibility index (Phi) is 7.85. The highest BCUT2D eigenvalue weighted by molar-refractivity contribution is 6.08. The Balaban J connectivity index is 0.00000121. The van der Waals surface area contributed by atoms with Crippen LogP contribution in [0.3, 0.4) is 0 Å². The fraction of sp³-hybridized carbons (Fsp3) is 0.857. The molecule has 3 heteroatoms. The van der Waals surface area contributed by atoms with Gasteiger partial charge in [0.05, 0.1) is 0 Å². The maximum atomic E-state index is 11.9. The number of rotatable bonds is 6. The van der Waals surface area contributed by atoms with Gasteiger partial charge >= 0.3 is 0 Å². The summed E-state index contributed by atoms with van der Waals surface area (Å²) in [6.45, 7) is 10.3. The monoisotopic (exact) mass is 240 g/mol. The lowest BCUT2D eigenvalue weighted by molar-refractivity contribution is -0.124. The summed E-state index contributed by atoms with van der Waals surface area (Å²) in [5.74, 6) is 1.01. The average molecular weight is 240 g/mol. The second kappa shape index (κ2) is 8.26. The van der Waals surface area contributed by atoms with E-state index in [1.54, 1.807) is 0 Å². The molecule has 0 saturated heterocycles. The Labute approximate surface area is 106 Å². The number of nitrogens with zero attached hydrogens (tertiary/aromatic N) is 1. The highest BCUT2D eigenvalue weighted by Crippen LogP contribution is 2.27. The summed E-state index contributed by atoms with van der Waals surface area (Å²) < 4.78 is 0. The maximum absolute atomic E-state index is 11.9. The first-order valence-corrected chi connectivity index (χ1v) is 7.08. The summed E-state index contributed by atoms with van der Waals surface area (Å²) in [5, 5.41) is 2.93. The van der Waals surface area contributed by atoms with E-state index >= 15 is 0 Å². The van der Waals surface area contributed by atoms with Crippen LogP contribution in [0.5, 0.6) is 0 Å². The first-order chi connectivity index (χ1) is 8.18. The molecule has 1 atom stereocenters. The SMILES string of the molecule is CC.CCCCC1=NC(CC)(CCC)C(=O)N1. The Morgan fingerprint density at radius 3 is 2.29 bits per heavy atom. The highest BCUT2D eigenvalue weighted by atomic mass is 16.2. The van der Waals surface area contributed by atoms with Gasteiger partial charge in [0.15, 0.2) is 0 Å². The molecular weight excluding hydrogens is 212 g/mol. The van der Waals surface area contributed by atoms with Gasteiger partial charge in [-0.2, -0.15) is 0 Å². The number of carbonyl (C=O) groups is 1. The van der Waals surface area contributed by atoms with E-state index in [9.17, 15) is 4.79 Å². The van der Waals surface area contributed by atoms with E-state index in [1.165, 1.54) is 0 Å². The van der Waals surface area contributed by atoms with Gasteiger partial charge in [-0.15, -0.1) is 0 Å². The van der Waals surface area contributed by atoms with Crippen LogP contribution in [0.15, 0.2) is 4.99 Å². The van der Waals surface area contributed by atoms with Crippen LogP contribution in [-0.4, -0.2) is 17.3 Å². The second-order valence-corrected chi connectivity index (χ2v) is 4.25. The van der Waals surface area contributed by atoms with Crippen molar-refractivity contribution in [2.75, 3.05) is 0 Å². The van der Waals surface area contributed by atoms with Gasteiger partial charge in [-0.3, -0.25) is 9.79 Å². The van der Waals surface area contributed by atoms with Crippen LogP contribution < -0.4 is 5.32 Å². The van der Waals surface area contributed by atoms with Crippen LogP contribution >= 0.6 is 0 Å². The van der Waals surface area contributed by atoms with Crippen LogP contribution in [0.4, 0.5) is 0 Å². The minimum atomic E-state index is -0.447. The van der Waals surface area contributed by atoms with Crippen LogP contribution in [0.2, 0.25) is 0 Å². The van der Waals surface area contributed by atoms with Crippen molar-refractivity contribution >= 4 is 11.7 Å². The molecule has 0 aliphatic carbocycles. The molecule has 0 bridgehead atoms. The molecule has 0 aromatic heterocycles. The molecule has 3 nitrogen and oxygen atoms in total. The largest absolute Gasteiger partial charge is 0.312 e. The number of hydrogen-bond acceptors (Lipinski definition) is 2. The van der Waals surface area contributed by atoms with Crippen molar-refractivity contribution in [3.63, 3.8) is 0 Å². The third-order valence-corrected chi connectivity index (χ3v) is 3.05. The van der Waals surface area contributed by atoms with Gasteiger partial charge in [0.2, 0.25) is 0 Å². The third-order valence-electron chi connectivity index (χ3n) is 3.05. The van der Waals surface area contributed by atoms with Gasteiger partial charge in [-0.1, -0.05) is 47.5 Å². The normalized spacial score (nSPS) is 22.6. The molecule has 1 unspecified atom stereocenters. The third kappa shape index (κ3) is 4.14. The predicted molar refractivity (Wildman–Crippen MR) is 74.4 cm³/mol. The van der Waals surface area contributed by atoms with Crippen molar-refractivity contribution in [3.05, 3.63) is 0 Å². The summed E-state index contributed by atoms with van der Waals surface area (Å²) in [6, 6.07) is 0. The molecule has 0 aromatic carbocycles. The summed E-state index contributed by atoms with van der Waals surface area (Å²) in [7, 11) is 0. The fourth-order valence-corrected chi connectivity index (χ4v) is 2.05. The lowest BCUT2D eigenvalue weighted by atomic mass is 9.91. The van der Waals surface area contributed by atoms with Crippen LogP contribution in [0.25, 0.3) is 0 Å². The topological polar surface area (TPSA) is 41.5 Å². The fourth-order valence-electron chi connectivity index (χ4n) is 2.05. The van der Waals surface area contributed by atoms with Gasteiger partial charge in [-0.25, -0.2) is 0 Å². The minimum Gasteiger partial charge on any atom is -0.312 e. The quantitative estimate of drug-likeness (QED) is 0.756. The first-order valence-electron chi connectivity index (χ1n) is 7.08. The number of carbonyl (C=O) groups excluding carboxylic acids is 1. The molecule has 1 aliphatic rings. The Hall–Kier alpha value is -0.860. The van der Waals surface area contributed by atoms with Crippen LogP contribution in [0.1, 0.15) is 73.1 Å². The smallest absolute Gasteiger partial charge is 0.253 e. The van der Waals surface area contributed by atoms with Crippen molar-refractivity contribution < 1.29 is 4.79 Å². The average Bonchev–Trinajstić information content (AvgIpc) is 2.67. The van der Waals surface area contributed by atoms with Crippen molar-refractivity contribution in [3.8, 4) is 0 Å². The van der Waals surface area contributed by atoms with Gasteiger partial charge in [0, 0.05) is 6.42 Å². The zero-order valence-electron chi connectivity index (χ0n) is 12.1. The first kappa shape index (κ1) is 16.1. The van der Waals surface area contributed by atoms with Gasteiger partial charge in [-0.05, 0) is 19.3 Å². The molecule has 100 valence electrons. The van der Waals surface area contributed by atoms with Crippen molar-refractivity contribution in [2.24, 2.45) is 4.99 Å². The molecule has 1 aliphatic heterocycles. The maximum Gasteiger partial charge on any atom is 0.253 e. The Morgan fingerprint density at radius 2 is 1.82 bits per heavy atom. The van der Waals surface area contributed by atoms with E-state index in [4.69, 9.17) is 0 Å². The molecule has 1 rings (SSSR count). The number of hydrogen-bond donors (Lipinski definition) is 1. The molecular formula is C14H28N2O. The standard InChI is InChI=1S/C12H22N2O.C2H6/c1-4-7-8-10-13-11(15)12(6-3,14-10)9-5-2;1-2/h4-9H2,1-3H3,(H,13,14,15);1-2H3. The lowest BCUT2D eigenvalue weighted by Crippen LogP contribution is -2.39. The van der Waals surface area contributed by atoms with Crippen molar-refractivity contribution in [1.29, 1.82) is 0 Å². The second-order valence-electron chi connectivity index (χ2n) is 4.25. The van der Waals surface area contributed by atoms with E-state index < -0.39 is 5.54 Å².